The summed E-state index contributed by atoms with van der Waals surface area (Å²) >= 11 is 8.76. The minimum Gasteiger partial charge on any atom is -0.494 e. The van der Waals surface area contributed by atoms with Gasteiger partial charge in [0, 0.05) is 5.69 Å². The molecule has 0 amide bonds. The van der Waals surface area contributed by atoms with Gasteiger partial charge in [-0.05, 0) is 56.8 Å². The molecular formula is C16H19Br2NOS. The second-order valence-corrected chi connectivity index (χ2v) is 8.54. The van der Waals surface area contributed by atoms with Crippen molar-refractivity contribution in [1.82, 2.24) is 4.98 Å². The van der Waals surface area contributed by atoms with Crippen molar-refractivity contribution >= 4 is 43.2 Å². The van der Waals surface area contributed by atoms with Gasteiger partial charge in [0.15, 0.2) is 5.75 Å². The van der Waals surface area contributed by atoms with E-state index in [0.717, 1.165) is 36.7 Å². The second-order valence-electron chi connectivity index (χ2n) is 4.88. The number of nitrogens with zero attached hydrogens (tertiary/aromatic N) is 1. The van der Waals surface area contributed by atoms with Gasteiger partial charge in [0.2, 0.25) is 0 Å². The molecule has 0 atom stereocenters. The summed E-state index contributed by atoms with van der Waals surface area (Å²) in [5.74, 6) is 0.850. The molecule has 2 rings (SSSR count). The number of hydrogen-bond donors (Lipinski definition) is 0. The maximum atomic E-state index is 5.50. The molecule has 0 aliphatic rings. The van der Waals surface area contributed by atoms with Crippen LogP contribution in [0.1, 0.15) is 38.3 Å². The number of pyridine rings is 1. The van der Waals surface area contributed by atoms with Crippen molar-refractivity contribution in [2.24, 2.45) is 0 Å². The van der Waals surface area contributed by atoms with Crippen LogP contribution in [0.2, 0.25) is 0 Å². The van der Waals surface area contributed by atoms with Crippen LogP contribution in [-0.4, -0.2) is 12.1 Å². The molecule has 2 heterocycles. The molecular weight excluding hydrogens is 414 g/mol. The van der Waals surface area contributed by atoms with Gasteiger partial charge in [0.25, 0.3) is 0 Å². The lowest BCUT2D eigenvalue weighted by atomic mass is 10.1. The fourth-order valence-electron chi connectivity index (χ4n) is 2.25. The molecule has 114 valence electrons. The van der Waals surface area contributed by atoms with Crippen molar-refractivity contribution in [3.8, 4) is 17.0 Å². The Labute approximate surface area is 147 Å². The Morgan fingerprint density at radius 2 is 1.95 bits per heavy atom. The first-order valence-electron chi connectivity index (χ1n) is 7.15. The molecule has 0 saturated carbocycles. The van der Waals surface area contributed by atoms with Crippen molar-refractivity contribution < 1.29 is 4.74 Å². The molecule has 0 aromatic carbocycles. The minimum atomic E-state index is 0.850. The van der Waals surface area contributed by atoms with Crippen LogP contribution in [0.5, 0.6) is 5.75 Å². The predicted molar refractivity (Wildman–Crippen MR) is 97.3 cm³/mol. The number of unbranched alkanes of at least 4 members (excludes halogenated alkanes) is 3. The number of methoxy groups -OCH3 is 1. The standard InChI is InChI=1S/C16H19Br2NOS/c1-3-4-5-6-8-11-9-7-10-12(19-11)13-14(20-2)16(18)21-15(13)17/h7,9-10H,3-6,8H2,1-2H3. The van der Waals surface area contributed by atoms with Gasteiger partial charge in [-0.15, -0.1) is 11.3 Å². The van der Waals surface area contributed by atoms with E-state index < -0.39 is 0 Å². The quantitative estimate of drug-likeness (QED) is 0.468. The maximum Gasteiger partial charge on any atom is 0.154 e. The summed E-state index contributed by atoms with van der Waals surface area (Å²) in [6.45, 7) is 2.23. The van der Waals surface area contributed by atoms with E-state index in [1.54, 1.807) is 18.4 Å². The van der Waals surface area contributed by atoms with E-state index >= 15 is 0 Å². The smallest absolute Gasteiger partial charge is 0.154 e. The van der Waals surface area contributed by atoms with Gasteiger partial charge >= 0.3 is 0 Å². The first-order valence-corrected chi connectivity index (χ1v) is 9.55. The zero-order valence-corrected chi connectivity index (χ0v) is 16.3. The molecule has 0 aliphatic carbocycles. The normalized spacial score (nSPS) is 10.9. The molecule has 0 unspecified atom stereocenters. The predicted octanol–water partition coefficient (Wildman–Crippen LogP) is 6.47. The topological polar surface area (TPSA) is 22.1 Å². The second kappa shape index (κ2) is 8.30. The van der Waals surface area contributed by atoms with E-state index in [1.807, 2.05) is 6.07 Å². The Hall–Kier alpha value is -0.390. The molecule has 2 aromatic rings. The Morgan fingerprint density at radius 1 is 1.14 bits per heavy atom. The SMILES string of the molecule is CCCCCCc1cccc(-c2c(Br)sc(Br)c2OC)n1. The maximum absolute atomic E-state index is 5.50. The molecule has 0 bridgehead atoms. The summed E-state index contributed by atoms with van der Waals surface area (Å²) in [7, 11) is 1.69. The molecule has 0 spiro atoms. The Balaban J connectivity index is 2.21. The summed E-state index contributed by atoms with van der Waals surface area (Å²) in [6.07, 6.45) is 6.09. The minimum absolute atomic E-state index is 0.850. The van der Waals surface area contributed by atoms with E-state index in [0.29, 0.717) is 0 Å². The van der Waals surface area contributed by atoms with Gasteiger partial charge in [0.05, 0.1) is 22.2 Å². The van der Waals surface area contributed by atoms with Crippen LogP contribution in [0.3, 0.4) is 0 Å². The van der Waals surface area contributed by atoms with E-state index in [9.17, 15) is 0 Å². The van der Waals surface area contributed by atoms with E-state index in [1.165, 1.54) is 25.7 Å². The molecule has 0 aliphatic heterocycles. The number of thiophene rings is 1. The average molecular weight is 433 g/mol. The third kappa shape index (κ3) is 4.30. The van der Waals surface area contributed by atoms with Crippen molar-refractivity contribution in [3.05, 3.63) is 31.5 Å². The van der Waals surface area contributed by atoms with E-state index in [-0.39, 0.29) is 0 Å². The zero-order chi connectivity index (χ0) is 15.2. The van der Waals surface area contributed by atoms with Crippen molar-refractivity contribution in [3.63, 3.8) is 0 Å². The van der Waals surface area contributed by atoms with Crippen LogP contribution in [0, 0.1) is 0 Å². The zero-order valence-electron chi connectivity index (χ0n) is 12.3. The molecule has 2 nitrogen and oxygen atoms in total. The first kappa shape index (κ1) is 17.0. The molecule has 21 heavy (non-hydrogen) atoms. The van der Waals surface area contributed by atoms with Crippen LogP contribution in [0.25, 0.3) is 11.3 Å². The fourth-order valence-corrected chi connectivity index (χ4v) is 5.35. The van der Waals surface area contributed by atoms with Crippen molar-refractivity contribution in [2.45, 2.75) is 39.0 Å². The number of ether oxygens (including phenoxy) is 1. The van der Waals surface area contributed by atoms with Crippen LogP contribution in [-0.2, 0) is 6.42 Å². The van der Waals surface area contributed by atoms with E-state index in [2.05, 4.69) is 50.9 Å². The van der Waals surface area contributed by atoms with Gasteiger partial charge in [-0.2, -0.15) is 0 Å². The lowest BCUT2D eigenvalue weighted by Crippen LogP contribution is -1.94. The molecule has 2 aromatic heterocycles. The van der Waals surface area contributed by atoms with Crippen molar-refractivity contribution in [2.75, 3.05) is 7.11 Å². The fraction of sp³-hybridized carbons (Fsp3) is 0.438. The van der Waals surface area contributed by atoms with Gasteiger partial charge in [-0.3, -0.25) is 4.98 Å². The summed E-state index contributed by atoms with van der Waals surface area (Å²) in [5.41, 5.74) is 3.15. The highest BCUT2D eigenvalue weighted by atomic mass is 79.9. The Bertz CT molecular complexity index is 598. The van der Waals surface area contributed by atoms with Crippen LogP contribution in [0.15, 0.2) is 25.8 Å². The summed E-state index contributed by atoms with van der Waals surface area (Å²) in [4.78, 5) is 4.80. The highest BCUT2D eigenvalue weighted by molar-refractivity contribution is 9.12. The summed E-state index contributed by atoms with van der Waals surface area (Å²) < 4.78 is 7.53. The third-order valence-electron chi connectivity index (χ3n) is 3.33. The lowest BCUT2D eigenvalue weighted by molar-refractivity contribution is 0.416. The Kier molecular flexibility index (Phi) is 6.71. The highest BCUT2D eigenvalue weighted by Gasteiger charge is 2.18. The van der Waals surface area contributed by atoms with Gasteiger partial charge < -0.3 is 4.74 Å². The van der Waals surface area contributed by atoms with Crippen LogP contribution < -0.4 is 4.74 Å². The molecule has 5 heteroatoms. The summed E-state index contributed by atoms with van der Waals surface area (Å²) in [5, 5.41) is 0. The monoisotopic (exact) mass is 431 g/mol. The first-order chi connectivity index (χ1) is 10.2. The molecule has 0 N–H and O–H groups in total. The molecule has 0 saturated heterocycles. The number of aromatic nitrogens is 1. The van der Waals surface area contributed by atoms with Gasteiger partial charge in [-0.25, -0.2) is 0 Å². The molecule has 0 fully saturated rings. The number of halogens is 2. The lowest BCUT2D eigenvalue weighted by Gasteiger charge is -2.07. The number of aryl methyl sites for hydroxylation is 1. The van der Waals surface area contributed by atoms with Crippen LogP contribution in [0.4, 0.5) is 0 Å². The Morgan fingerprint density at radius 3 is 2.67 bits per heavy atom. The number of hydrogen-bond acceptors (Lipinski definition) is 3. The van der Waals surface area contributed by atoms with Crippen molar-refractivity contribution in [1.29, 1.82) is 0 Å². The van der Waals surface area contributed by atoms with E-state index in [4.69, 9.17) is 9.72 Å². The summed E-state index contributed by atoms with van der Waals surface area (Å²) in [6, 6.07) is 6.23. The third-order valence-corrected chi connectivity index (χ3v) is 5.81. The highest BCUT2D eigenvalue weighted by Crippen LogP contribution is 2.47. The van der Waals surface area contributed by atoms with Crippen LogP contribution >= 0.6 is 43.2 Å². The largest absolute Gasteiger partial charge is 0.494 e. The average Bonchev–Trinajstić information content (AvgIpc) is 2.77. The molecule has 0 radical (unpaired) electrons. The van der Waals surface area contributed by atoms with Gasteiger partial charge in [-0.1, -0.05) is 32.3 Å². The number of rotatable bonds is 7. The van der Waals surface area contributed by atoms with Gasteiger partial charge in [0.1, 0.15) is 3.79 Å².